The van der Waals surface area contributed by atoms with Crippen LogP contribution in [0, 0.1) is 13.8 Å². The van der Waals surface area contributed by atoms with Gasteiger partial charge in [0.15, 0.2) is 0 Å². The van der Waals surface area contributed by atoms with Gasteiger partial charge < -0.3 is 0 Å². The molecule has 0 heterocycles. The zero-order chi connectivity index (χ0) is 11.4. The molecule has 0 unspecified atom stereocenters. The van der Waals surface area contributed by atoms with Gasteiger partial charge in [-0.2, -0.15) is 0 Å². The van der Waals surface area contributed by atoms with Crippen molar-refractivity contribution in [1.82, 2.24) is 0 Å². The molecule has 0 atom stereocenters. The molecule has 3 rings (SSSR count). The van der Waals surface area contributed by atoms with Gasteiger partial charge in [0.1, 0.15) is 0 Å². The molecule has 2 heteroatoms. The first kappa shape index (κ1) is 9.28. The Morgan fingerprint density at radius 1 is 0.750 bits per heavy atom. The van der Waals surface area contributed by atoms with Crippen LogP contribution in [-0.2, 0) is 0 Å². The number of Topliss-reactive ketones (excluding diaryl/α,β-unsaturated/α-hetero) is 2. The molecule has 1 aliphatic rings. The maximum Gasteiger partial charge on any atom is 0.234 e. The number of rotatable bonds is 0. The van der Waals surface area contributed by atoms with Crippen molar-refractivity contribution in [2.24, 2.45) is 0 Å². The summed E-state index contributed by atoms with van der Waals surface area (Å²) in [7, 11) is 0. The summed E-state index contributed by atoms with van der Waals surface area (Å²) < 4.78 is 0. The first-order valence-corrected chi connectivity index (χ1v) is 5.23. The molecule has 0 spiro atoms. The van der Waals surface area contributed by atoms with Crippen LogP contribution in [-0.4, -0.2) is 11.6 Å². The average molecular weight is 210 g/mol. The van der Waals surface area contributed by atoms with Crippen LogP contribution in [0.15, 0.2) is 24.3 Å². The summed E-state index contributed by atoms with van der Waals surface area (Å²) in [6, 6.07) is 7.71. The molecule has 0 saturated heterocycles. The van der Waals surface area contributed by atoms with E-state index in [1.54, 1.807) is 0 Å². The van der Waals surface area contributed by atoms with Crippen molar-refractivity contribution in [2.75, 3.05) is 0 Å². The van der Waals surface area contributed by atoms with Crippen LogP contribution in [0.3, 0.4) is 0 Å². The van der Waals surface area contributed by atoms with E-state index < -0.39 is 0 Å². The summed E-state index contributed by atoms with van der Waals surface area (Å²) in [5, 5.41) is 1.82. The highest BCUT2D eigenvalue weighted by molar-refractivity contribution is 6.57. The third-order valence-corrected chi connectivity index (χ3v) is 3.26. The van der Waals surface area contributed by atoms with Crippen molar-refractivity contribution in [2.45, 2.75) is 13.8 Å². The lowest BCUT2D eigenvalue weighted by Gasteiger charge is -2.04. The fraction of sp³-hybridized carbons (Fsp3) is 0.143. The first-order valence-electron chi connectivity index (χ1n) is 5.23. The predicted octanol–water partition coefficient (Wildman–Crippen LogP) is 2.84. The molecule has 0 fully saturated rings. The van der Waals surface area contributed by atoms with E-state index in [-0.39, 0.29) is 11.6 Å². The van der Waals surface area contributed by atoms with Crippen LogP contribution in [0.4, 0.5) is 0 Å². The minimum absolute atomic E-state index is 0.354. The monoisotopic (exact) mass is 210 g/mol. The van der Waals surface area contributed by atoms with E-state index in [1.807, 2.05) is 38.1 Å². The van der Waals surface area contributed by atoms with Gasteiger partial charge in [-0.05, 0) is 30.4 Å². The Bertz CT molecular complexity index is 611. The van der Waals surface area contributed by atoms with E-state index in [9.17, 15) is 9.59 Å². The standard InChI is InChI=1S/C14H10O2/c1-7-3-5-9-6-4-8(2)11-12(9)10(7)13(15)14(11)16/h3-6H,1-2H3. The van der Waals surface area contributed by atoms with Gasteiger partial charge in [0.2, 0.25) is 11.6 Å². The number of aryl methyl sites for hydroxylation is 2. The van der Waals surface area contributed by atoms with Crippen LogP contribution < -0.4 is 0 Å². The molecule has 0 saturated carbocycles. The van der Waals surface area contributed by atoms with Crippen molar-refractivity contribution < 1.29 is 9.59 Å². The summed E-state index contributed by atoms with van der Waals surface area (Å²) in [5.74, 6) is -0.709. The maximum absolute atomic E-state index is 11.9. The number of carbonyl (C=O) groups excluding carboxylic acids is 2. The van der Waals surface area contributed by atoms with Crippen molar-refractivity contribution in [3.63, 3.8) is 0 Å². The lowest BCUT2D eigenvalue weighted by Crippen LogP contribution is -2.08. The van der Waals surface area contributed by atoms with Gasteiger partial charge in [0.05, 0.1) is 0 Å². The Balaban J connectivity index is 2.64. The number of carbonyl (C=O) groups is 2. The fourth-order valence-corrected chi connectivity index (χ4v) is 2.44. The zero-order valence-corrected chi connectivity index (χ0v) is 9.13. The van der Waals surface area contributed by atoms with Crippen molar-refractivity contribution in [3.8, 4) is 0 Å². The summed E-state index contributed by atoms with van der Waals surface area (Å²) in [6.07, 6.45) is 0. The second kappa shape index (κ2) is 2.79. The highest BCUT2D eigenvalue weighted by Gasteiger charge is 2.33. The molecule has 78 valence electrons. The van der Waals surface area contributed by atoms with Crippen LogP contribution in [0.1, 0.15) is 31.8 Å². The highest BCUT2D eigenvalue weighted by atomic mass is 16.2. The maximum atomic E-state index is 11.9. The van der Waals surface area contributed by atoms with E-state index in [0.29, 0.717) is 11.1 Å². The van der Waals surface area contributed by atoms with Gasteiger partial charge in [0, 0.05) is 16.5 Å². The number of benzene rings is 2. The van der Waals surface area contributed by atoms with Crippen molar-refractivity contribution >= 4 is 22.3 Å². The molecular formula is C14H10O2. The third-order valence-electron chi connectivity index (χ3n) is 3.26. The molecule has 0 bridgehead atoms. The van der Waals surface area contributed by atoms with Gasteiger partial charge in [0.25, 0.3) is 0 Å². The third kappa shape index (κ3) is 0.915. The van der Waals surface area contributed by atoms with Crippen molar-refractivity contribution in [1.29, 1.82) is 0 Å². The summed E-state index contributed by atoms with van der Waals surface area (Å²) >= 11 is 0. The molecule has 16 heavy (non-hydrogen) atoms. The topological polar surface area (TPSA) is 34.1 Å². The number of hydrogen-bond acceptors (Lipinski definition) is 2. The van der Waals surface area contributed by atoms with E-state index in [4.69, 9.17) is 0 Å². The molecule has 2 aromatic carbocycles. The Morgan fingerprint density at radius 2 is 1.19 bits per heavy atom. The molecule has 0 aliphatic heterocycles. The smallest absolute Gasteiger partial charge is 0.234 e. The van der Waals surface area contributed by atoms with Crippen molar-refractivity contribution in [3.05, 3.63) is 46.5 Å². The highest BCUT2D eigenvalue weighted by Crippen LogP contribution is 2.34. The van der Waals surface area contributed by atoms with Crippen LogP contribution in [0.2, 0.25) is 0 Å². The predicted molar refractivity (Wildman–Crippen MR) is 62.1 cm³/mol. The zero-order valence-electron chi connectivity index (χ0n) is 9.13. The largest absolute Gasteiger partial charge is 0.285 e. The normalized spacial score (nSPS) is 13.9. The Hall–Kier alpha value is -1.96. The van der Waals surface area contributed by atoms with Gasteiger partial charge in [-0.15, -0.1) is 0 Å². The molecular weight excluding hydrogens is 200 g/mol. The van der Waals surface area contributed by atoms with E-state index >= 15 is 0 Å². The van der Waals surface area contributed by atoms with Crippen LogP contribution in [0.25, 0.3) is 10.8 Å². The van der Waals surface area contributed by atoms with Crippen LogP contribution >= 0.6 is 0 Å². The number of ketones is 2. The van der Waals surface area contributed by atoms with Gasteiger partial charge in [-0.1, -0.05) is 24.3 Å². The second-order valence-corrected chi connectivity index (χ2v) is 4.27. The molecule has 1 aliphatic carbocycles. The minimum atomic E-state index is -0.354. The molecule has 2 aromatic rings. The molecule has 0 amide bonds. The van der Waals surface area contributed by atoms with Gasteiger partial charge in [-0.3, -0.25) is 9.59 Å². The second-order valence-electron chi connectivity index (χ2n) is 4.27. The first-order chi connectivity index (χ1) is 7.61. The average Bonchev–Trinajstić information content (AvgIpc) is 2.53. The van der Waals surface area contributed by atoms with E-state index in [1.165, 1.54) is 0 Å². The van der Waals surface area contributed by atoms with Gasteiger partial charge in [-0.25, -0.2) is 0 Å². The Morgan fingerprint density at radius 3 is 1.62 bits per heavy atom. The quantitative estimate of drug-likeness (QED) is 0.626. The number of hydrogen-bond donors (Lipinski definition) is 0. The van der Waals surface area contributed by atoms with Gasteiger partial charge >= 0.3 is 0 Å². The van der Waals surface area contributed by atoms with Crippen LogP contribution in [0.5, 0.6) is 0 Å². The SMILES string of the molecule is Cc1ccc2ccc(C)c3c2c1C(=O)C3=O. The molecule has 0 N–H and O–H groups in total. The summed E-state index contributed by atoms with van der Waals surface area (Å²) in [4.78, 5) is 23.8. The Labute approximate surface area is 92.9 Å². The van der Waals surface area contributed by atoms with E-state index in [2.05, 4.69) is 0 Å². The lowest BCUT2D eigenvalue weighted by atomic mass is 9.98. The summed E-state index contributed by atoms with van der Waals surface area (Å²) in [6.45, 7) is 3.74. The minimum Gasteiger partial charge on any atom is -0.285 e. The Kier molecular flexibility index (Phi) is 1.62. The molecule has 0 aromatic heterocycles. The molecule has 0 radical (unpaired) electrons. The fourth-order valence-electron chi connectivity index (χ4n) is 2.44. The van der Waals surface area contributed by atoms with E-state index in [0.717, 1.165) is 21.9 Å². The summed E-state index contributed by atoms with van der Waals surface area (Å²) in [5.41, 5.74) is 2.97. The lowest BCUT2D eigenvalue weighted by molar-refractivity contribution is 0.0824. The molecule has 2 nitrogen and oxygen atoms in total.